The predicted molar refractivity (Wildman–Crippen MR) is 109 cm³/mol. The zero-order valence-electron chi connectivity index (χ0n) is 16.7. The van der Waals surface area contributed by atoms with Crippen molar-refractivity contribution in [3.8, 4) is 5.75 Å². The maximum Gasteiger partial charge on any atom is 0.326 e. The molecule has 10 nitrogen and oxygen atoms in total. The summed E-state index contributed by atoms with van der Waals surface area (Å²) in [4.78, 5) is 51.3. The monoisotopic (exact) mass is 403 g/mol. The van der Waals surface area contributed by atoms with E-state index in [0.29, 0.717) is 11.4 Å². The normalized spacial score (nSPS) is 12.1. The van der Waals surface area contributed by atoms with Gasteiger partial charge in [0.1, 0.15) is 23.7 Å². The van der Waals surface area contributed by atoms with E-state index in [-0.39, 0.29) is 23.9 Å². The molecule has 0 aliphatic carbocycles. The quantitative estimate of drug-likeness (QED) is 0.480. The molecule has 6 N–H and O–H groups in total. The molecule has 1 atom stereocenters. The molecule has 0 aliphatic heterocycles. The van der Waals surface area contributed by atoms with E-state index < -0.39 is 28.6 Å². The molecule has 1 heterocycles. The Labute approximate surface area is 166 Å². The number of hydrogen-bond donors (Lipinski definition) is 5. The molecule has 0 saturated carbocycles. The number of anilines is 2. The minimum atomic E-state index is -0.836. The SMILES string of the molecule is CC(COc1cccc(NC(=O)C(C)(C)C)c1)NC(=O)c1[nH]c(=O)[nH]c(=O)c1N. The third-order valence-electron chi connectivity index (χ3n) is 3.86. The fourth-order valence-electron chi connectivity index (χ4n) is 2.22. The van der Waals surface area contributed by atoms with Crippen LogP contribution in [-0.2, 0) is 4.79 Å². The van der Waals surface area contributed by atoms with Gasteiger partial charge in [-0.15, -0.1) is 0 Å². The number of rotatable bonds is 6. The van der Waals surface area contributed by atoms with Crippen molar-refractivity contribution in [1.82, 2.24) is 15.3 Å². The summed E-state index contributed by atoms with van der Waals surface area (Å²) in [7, 11) is 0. The standard InChI is InChI=1S/C19H25N5O5/c1-10(21-16(26)14-13(20)15(25)24-18(28)23-14)9-29-12-7-5-6-11(8-12)22-17(27)19(2,3)4/h5-8,10H,9,20H2,1-4H3,(H,21,26)(H,22,27)(H2,23,24,25,28). The number of aromatic nitrogens is 2. The lowest BCUT2D eigenvalue weighted by Gasteiger charge is -2.18. The summed E-state index contributed by atoms with van der Waals surface area (Å²) in [5.41, 5.74) is 3.25. The minimum absolute atomic E-state index is 0.107. The molecule has 0 fully saturated rings. The minimum Gasteiger partial charge on any atom is -0.491 e. The number of aromatic amines is 2. The Kier molecular flexibility index (Phi) is 6.47. The van der Waals surface area contributed by atoms with Gasteiger partial charge in [-0.25, -0.2) is 4.79 Å². The second-order valence-electron chi connectivity index (χ2n) is 7.61. The zero-order valence-corrected chi connectivity index (χ0v) is 16.7. The highest BCUT2D eigenvalue weighted by Gasteiger charge is 2.21. The Morgan fingerprint density at radius 3 is 2.55 bits per heavy atom. The van der Waals surface area contributed by atoms with Crippen molar-refractivity contribution in [3.05, 3.63) is 50.8 Å². The van der Waals surface area contributed by atoms with Crippen LogP contribution < -0.4 is 32.4 Å². The number of H-pyrrole nitrogens is 2. The highest BCUT2D eigenvalue weighted by atomic mass is 16.5. The highest BCUT2D eigenvalue weighted by Crippen LogP contribution is 2.21. The van der Waals surface area contributed by atoms with Crippen LogP contribution >= 0.6 is 0 Å². The molecule has 29 heavy (non-hydrogen) atoms. The molecule has 1 aromatic carbocycles. The highest BCUT2D eigenvalue weighted by molar-refractivity contribution is 5.97. The van der Waals surface area contributed by atoms with Crippen molar-refractivity contribution in [2.75, 3.05) is 17.7 Å². The van der Waals surface area contributed by atoms with Crippen LogP contribution in [0.4, 0.5) is 11.4 Å². The fraction of sp³-hybridized carbons (Fsp3) is 0.368. The first-order valence-electron chi connectivity index (χ1n) is 8.94. The van der Waals surface area contributed by atoms with E-state index in [0.717, 1.165) is 0 Å². The average Bonchev–Trinajstić information content (AvgIpc) is 2.62. The zero-order chi connectivity index (χ0) is 21.8. The molecule has 1 unspecified atom stereocenters. The third kappa shape index (κ3) is 5.96. The lowest BCUT2D eigenvalue weighted by molar-refractivity contribution is -0.123. The lowest BCUT2D eigenvalue weighted by Crippen LogP contribution is -2.40. The van der Waals surface area contributed by atoms with E-state index >= 15 is 0 Å². The second kappa shape index (κ2) is 8.63. The number of nitrogens with one attached hydrogen (secondary N) is 4. The molecule has 2 rings (SSSR count). The number of ether oxygens (including phenoxy) is 1. The van der Waals surface area contributed by atoms with Gasteiger partial charge in [0.25, 0.3) is 11.5 Å². The van der Waals surface area contributed by atoms with E-state index in [1.165, 1.54) is 0 Å². The molecule has 156 valence electrons. The smallest absolute Gasteiger partial charge is 0.326 e. The summed E-state index contributed by atoms with van der Waals surface area (Å²) >= 11 is 0. The van der Waals surface area contributed by atoms with Gasteiger partial charge >= 0.3 is 5.69 Å². The predicted octanol–water partition coefficient (Wildman–Crippen LogP) is 0.827. The number of carbonyl (C=O) groups excluding carboxylic acids is 2. The van der Waals surface area contributed by atoms with Crippen molar-refractivity contribution in [1.29, 1.82) is 0 Å². The van der Waals surface area contributed by atoms with Gasteiger partial charge in [-0.2, -0.15) is 0 Å². The molecule has 0 saturated heterocycles. The summed E-state index contributed by atoms with van der Waals surface area (Å²) in [6, 6.07) is 6.40. The Hall–Kier alpha value is -3.56. The Bertz CT molecular complexity index is 1020. The molecule has 2 amide bonds. The summed E-state index contributed by atoms with van der Waals surface area (Å²) in [6.45, 7) is 7.23. The number of hydrogen-bond acceptors (Lipinski definition) is 6. The summed E-state index contributed by atoms with van der Waals surface area (Å²) in [6.07, 6.45) is 0. The van der Waals surface area contributed by atoms with Gasteiger partial charge in [0.15, 0.2) is 0 Å². The van der Waals surface area contributed by atoms with Crippen LogP contribution in [0.5, 0.6) is 5.75 Å². The fourth-order valence-corrected chi connectivity index (χ4v) is 2.22. The number of nitrogen functional groups attached to an aromatic ring is 1. The number of benzene rings is 1. The maximum atomic E-state index is 12.2. The Morgan fingerprint density at radius 2 is 1.90 bits per heavy atom. The maximum absolute atomic E-state index is 12.2. The van der Waals surface area contributed by atoms with Gasteiger partial charge in [0, 0.05) is 17.2 Å². The summed E-state index contributed by atoms with van der Waals surface area (Å²) in [5, 5.41) is 5.40. The van der Waals surface area contributed by atoms with Crippen molar-refractivity contribution < 1.29 is 14.3 Å². The topological polar surface area (TPSA) is 159 Å². The molecule has 2 aromatic rings. The summed E-state index contributed by atoms with van der Waals surface area (Å²) in [5.74, 6) is -0.324. The van der Waals surface area contributed by atoms with Gasteiger partial charge < -0.3 is 26.1 Å². The molecular weight excluding hydrogens is 378 g/mol. The molecule has 0 aliphatic rings. The van der Waals surface area contributed by atoms with Crippen molar-refractivity contribution in [2.45, 2.75) is 33.7 Å². The van der Waals surface area contributed by atoms with Crippen molar-refractivity contribution in [3.63, 3.8) is 0 Å². The van der Waals surface area contributed by atoms with Gasteiger partial charge in [0.05, 0.1) is 6.04 Å². The van der Waals surface area contributed by atoms with Crippen LogP contribution in [0.25, 0.3) is 0 Å². The lowest BCUT2D eigenvalue weighted by atomic mass is 9.95. The molecule has 10 heteroatoms. The van der Waals surface area contributed by atoms with Crippen LogP contribution in [0.15, 0.2) is 33.9 Å². The van der Waals surface area contributed by atoms with E-state index in [2.05, 4.69) is 15.6 Å². The van der Waals surface area contributed by atoms with Gasteiger partial charge in [-0.05, 0) is 19.1 Å². The first-order valence-corrected chi connectivity index (χ1v) is 8.94. The van der Waals surface area contributed by atoms with Crippen LogP contribution in [0.1, 0.15) is 38.2 Å². The van der Waals surface area contributed by atoms with Crippen LogP contribution in [0.2, 0.25) is 0 Å². The molecule has 0 bridgehead atoms. The number of carbonyl (C=O) groups is 2. The first-order chi connectivity index (χ1) is 13.5. The third-order valence-corrected chi connectivity index (χ3v) is 3.86. The average molecular weight is 403 g/mol. The van der Waals surface area contributed by atoms with Gasteiger partial charge in [0.2, 0.25) is 5.91 Å². The summed E-state index contributed by atoms with van der Waals surface area (Å²) < 4.78 is 5.65. The molecule has 0 spiro atoms. The Balaban J connectivity index is 1.97. The van der Waals surface area contributed by atoms with E-state index in [1.807, 2.05) is 25.8 Å². The van der Waals surface area contributed by atoms with Crippen molar-refractivity contribution >= 4 is 23.2 Å². The van der Waals surface area contributed by atoms with Crippen LogP contribution in [-0.4, -0.2) is 34.4 Å². The largest absolute Gasteiger partial charge is 0.491 e. The van der Waals surface area contributed by atoms with E-state index in [9.17, 15) is 19.2 Å². The Morgan fingerprint density at radius 1 is 1.21 bits per heavy atom. The molecular formula is C19H25N5O5. The number of nitrogens with two attached hydrogens (primary N) is 1. The van der Waals surface area contributed by atoms with E-state index in [1.54, 1.807) is 31.2 Å². The van der Waals surface area contributed by atoms with E-state index in [4.69, 9.17) is 10.5 Å². The van der Waals surface area contributed by atoms with Gasteiger partial charge in [-0.3, -0.25) is 19.4 Å². The van der Waals surface area contributed by atoms with Crippen LogP contribution in [0, 0.1) is 5.41 Å². The van der Waals surface area contributed by atoms with Gasteiger partial charge in [-0.1, -0.05) is 26.8 Å². The molecule has 1 aromatic heterocycles. The first kappa shape index (κ1) is 21.7. The van der Waals surface area contributed by atoms with Crippen molar-refractivity contribution in [2.24, 2.45) is 5.41 Å². The number of amides is 2. The second-order valence-corrected chi connectivity index (χ2v) is 7.61. The van der Waals surface area contributed by atoms with Crippen LogP contribution in [0.3, 0.4) is 0 Å². The molecule has 0 radical (unpaired) electrons.